The molecule has 1 aromatic heterocycles. The Morgan fingerprint density at radius 3 is 2.64 bits per heavy atom. The van der Waals surface area contributed by atoms with Crippen molar-refractivity contribution < 1.29 is 18.7 Å². The minimum Gasteiger partial charge on any atom is -0.476 e. The number of rotatable bonds is 2. The molecule has 0 aliphatic carbocycles. The second kappa shape index (κ2) is 4.03. The molecule has 3 N–H and O–H groups in total. The first-order valence-corrected chi connectivity index (χ1v) is 4.48. The van der Waals surface area contributed by atoms with E-state index >= 15 is 0 Å². The highest BCUT2D eigenvalue weighted by Gasteiger charge is 2.18. The Morgan fingerprint density at radius 1 is 1.64 bits per heavy atom. The summed E-state index contributed by atoms with van der Waals surface area (Å²) in [7, 11) is 0. The van der Waals surface area contributed by atoms with Crippen LogP contribution in [-0.4, -0.2) is 16.1 Å². The van der Waals surface area contributed by atoms with Crippen molar-refractivity contribution in [2.24, 2.45) is 0 Å². The number of nitrogens with zero attached hydrogens (tertiary/aromatic N) is 1. The number of carbonyl (C=O) groups is 1. The summed E-state index contributed by atoms with van der Waals surface area (Å²) >= 11 is 1.62. The zero-order valence-electron chi connectivity index (χ0n) is 6.67. The van der Waals surface area contributed by atoms with Crippen LogP contribution in [0.25, 0.3) is 0 Å². The van der Waals surface area contributed by atoms with E-state index in [4.69, 9.17) is 10.8 Å². The molecule has 7 heteroatoms. The third-order valence-electron chi connectivity index (χ3n) is 1.47. The number of halogens is 3. The van der Waals surface area contributed by atoms with Gasteiger partial charge in [-0.3, -0.25) is 0 Å². The molecule has 0 aromatic carbocycles. The number of alkyl halides is 2. The van der Waals surface area contributed by atoms with E-state index in [1.165, 1.54) is 0 Å². The lowest BCUT2D eigenvalue weighted by atomic mass is 10.2. The highest BCUT2D eigenvalue weighted by molar-refractivity contribution is 14.1. The molecule has 1 aromatic rings. The Balaban J connectivity index is 3.31. The molecule has 0 amide bonds. The van der Waals surface area contributed by atoms with Gasteiger partial charge in [0.25, 0.3) is 6.43 Å². The highest BCUT2D eigenvalue weighted by atomic mass is 127. The Hall–Kier alpha value is -0.990. The monoisotopic (exact) mass is 314 g/mol. The van der Waals surface area contributed by atoms with Gasteiger partial charge in [-0.05, 0) is 28.7 Å². The average molecular weight is 314 g/mol. The fourth-order valence-corrected chi connectivity index (χ4v) is 1.53. The van der Waals surface area contributed by atoms with E-state index in [2.05, 4.69) is 4.98 Å². The molecule has 1 rings (SSSR count). The summed E-state index contributed by atoms with van der Waals surface area (Å²) in [5.74, 6) is -1.74. The predicted octanol–water partition coefficient (Wildman–Crippen LogP) is 1.90. The number of nitrogen functional groups attached to an aromatic ring is 1. The molecule has 14 heavy (non-hydrogen) atoms. The van der Waals surface area contributed by atoms with Gasteiger partial charge in [-0.1, -0.05) is 0 Å². The molecule has 0 aliphatic rings. The zero-order valence-corrected chi connectivity index (χ0v) is 8.83. The summed E-state index contributed by atoms with van der Waals surface area (Å²) in [6.45, 7) is 0. The largest absolute Gasteiger partial charge is 0.476 e. The van der Waals surface area contributed by atoms with E-state index in [0.717, 1.165) is 6.07 Å². The SMILES string of the molecule is Nc1nc(C(=O)O)c(I)cc1C(F)F. The molecular formula is C7H5F2IN2O2. The number of hydrogen-bond donors (Lipinski definition) is 2. The molecule has 0 saturated carbocycles. The standard InChI is InChI=1S/C7H5F2IN2O2/c8-5(9)2-1-3(10)4(7(13)14)12-6(2)11/h1,5H,(H2,11,12)(H,13,14). The minimum absolute atomic E-state index is 0.139. The Kier molecular flexibility index (Phi) is 3.19. The Bertz CT molecular complexity index is 384. The maximum Gasteiger partial charge on any atom is 0.355 e. The Morgan fingerprint density at radius 2 is 2.21 bits per heavy atom. The first-order chi connectivity index (χ1) is 6.43. The van der Waals surface area contributed by atoms with Crippen molar-refractivity contribution in [2.45, 2.75) is 6.43 Å². The molecule has 0 spiro atoms. The molecular weight excluding hydrogens is 309 g/mol. The normalized spacial score (nSPS) is 10.6. The van der Waals surface area contributed by atoms with Gasteiger partial charge in [0.2, 0.25) is 0 Å². The van der Waals surface area contributed by atoms with Crippen molar-refractivity contribution in [1.29, 1.82) is 0 Å². The molecule has 0 atom stereocenters. The number of nitrogens with two attached hydrogens (primary N) is 1. The summed E-state index contributed by atoms with van der Waals surface area (Å²) in [6.07, 6.45) is -2.75. The smallest absolute Gasteiger partial charge is 0.355 e. The molecule has 0 radical (unpaired) electrons. The third kappa shape index (κ3) is 2.08. The fraction of sp³-hybridized carbons (Fsp3) is 0.143. The van der Waals surface area contributed by atoms with E-state index < -0.39 is 23.8 Å². The van der Waals surface area contributed by atoms with Gasteiger partial charge in [-0.15, -0.1) is 0 Å². The molecule has 0 bridgehead atoms. The van der Waals surface area contributed by atoms with Crippen LogP contribution in [0, 0.1) is 3.57 Å². The highest BCUT2D eigenvalue weighted by Crippen LogP contribution is 2.26. The van der Waals surface area contributed by atoms with E-state index in [1.54, 1.807) is 22.6 Å². The van der Waals surface area contributed by atoms with Crippen molar-refractivity contribution in [3.63, 3.8) is 0 Å². The van der Waals surface area contributed by atoms with Crippen LogP contribution in [-0.2, 0) is 0 Å². The quantitative estimate of drug-likeness (QED) is 0.818. The van der Waals surface area contributed by atoms with Gasteiger partial charge in [0, 0.05) is 3.57 Å². The summed E-state index contributed by atoms with van der Waals surface area (Å²) in [6, 6.07) is 1.02. The number of anilines is 1. The van der Waals surface area contributed by atoms with Gasteiger partial charge in [0.05, 0.1) is 5.56 Å². The maximum absolute atomic E-state index is 12.3. The number of hydrogen-bond acceptors (Lipinski definition) is 3. The lowest BCUT2D eigenvalue weighted by Gasteiger charge is -2.06. The van der Waals surface area contributed by atoms with Crippen LogP contribution in [0.15, 0.2) is 6.07 Å². The number of aromatic carboxylic acids is 1. The van der Waals surface area contributed by atoms with E-state index in [9.17, 15) is 13.6 Å². The van der Waals surface area contributed by atoms with E-state index in [-0.39, 0.29) is 9.26 Å². The van der Waals surface area contributed by atoms with Crippen LogP contribution in [0.4, 0.5) is 14.6 Å². The zero-order chi connectivity index (χ0) is 10.9. The summed E-state index contributed by atoms with van der Waals surface area (Å²) in [5, 5.41) is 8.61. The van der Waals surface area contributed by atoms with Crippen molar-refractivity contribution in [1.82, 2.24) is 4.98 Å². The average Bonchev–Trinajstić information content (AvgIpc) is 2.07. The van der Waals surface area contributed by atoms with Crippen LogP contribution >= 0.6 is 22.6 Å². The summed E-state index contributed by atoms with van der Waals surface area (Å²) in [4.78, 5) is 13.9. The number of pyridine rings is 1. The van der Waals surface area contributed by atoms with Gasteiger partial charge >= 0.3 is 5.97 Å². The van der Waals surface area contributed by atoms with Crippen molar-refractivity contribution in [2.75, 3.05) is 5.73 Å². The number of aromatic nitrogens is 1. The lowest BCUT2D eigenvalue weighted by Crippen LogP contribution is -2.08. The van der Waals surface area contributed by atoms with Crippen LogP contribution in [0.2, 0.25) is 0 Å². The number of carboxylic acids is 1. The van der Waals surface area contributed by atoms with Crippen LogP contribution in [0.5, 0.6) is 0 Å². The minimum atomic E-state index is -2.75. The first-order valence-electron chi connectivity index (χ1n) is 3.41. The molecule has 4 nitrogen and oxygen atoms in total. The lowest BCUT2D eigenvalue weighted by molar-refractivity contribution is 0.0688. The molecule has 0 unspecified atom stereocenters. The second-order valence-corrected chi connectivity index (χ2v) is 3.56. The van der Waals surface area contributed by atoms with Crippen LogP contribution in [0.3, 0.4) is 0 Å². The van der Waals surface area contributed by atoms with Crippen molar-refractivity contribution >= 4 is 34.4 Å². The molecule has 0 fully saturated rings. The van der Waals surface area contributed by atoms with Gasteiger partial charge in [-0.25, -0.2) is 18.6 Å². The van der Waals surface area contributed by atoms with E-state index in [0.29, 0.717) is 0 Å². The third-order valence-corrected chi connectivity index (χ3v) is 2.30. The molecule has 0 aliphatic heterocycles. The maximum atomic E-state index is 12.3. The van der Waals surface area contributed by atoms with Gasteiger partial charge in [0.15, 0.2) is 5.69 Å². The Labute approximate surface area is 91.3 Å². The van der Waals surface area contributed by atoms with Gasteiger partial charge in [-0.2, -0.15) is 0 Å². The van der Waals surface area contributed by atoms with Gasteiger partial charge < -0.3 is 10.8 Å². The topological polar surface area (TPSA) is 76.2 Å². The predicted molar refractivity (Wildman–Crippen MR) is 53.3 cm³/mol. The van der Waals surface area contributed by atoms with E-state index in [1.807, 2.05) is 0 Å². The second-order valence-electron chi connectivity index (χ2n) is 2.40. The van der Waals surface area contributed by atoms with Crippen molar-refractivity contribution in [3.05, 3.63) is 20.9 Å². The molecule has 76 valence electrons. The molecule has 0 saturated heterocycles. The molecule has 1 heterocycles. The fourth-order valence-electron chi connectivity index (χ4n) is 0.842. The van der Waals surface area contributed by atoms with Crippen LogP contribution in [0.1, 0.15) is 22.5 Å². The summed E-state index contributed by atoms with van der Waals surface area (Å²) < 4.78 is 24.7. The summed E-state index contributed by atoms with van der Waals surface area (Å²) in [5.41, 5.74) is 4.41. The van der Waals surface area contributed by atoms with Crippen LogP contribution < -0.4 is 5.73 Å². The van der Waals surface area contributed by atoms with Gasteiger partial charge in [0.1, 0.15) is 5.82 Å². The van der Waals surface area contributed by atoms with Crippen molar-refractivity contribution in [3.8, 4) is 0 Å². The first kappa shape index (κ1) is 11.1. The number of carboxylic acid groups (broad SMARTS) is 1.